The molecule has 58 heavy (non-hydrogen) atoms. The van der Waals surface area contributed by atoms with Gasteiger partial charge >= 0.3 is 0 Å². The third-order valence-corrected chi connectivity index (χ3v) is 10.2. The molecule has 0 amide bonds. The Bertz CT molecular complexity index is 2590. The molecule has 0 heterocycles. The summed E-state index contributed by atoms with van der Waals surface area (Å²) in [4.78, 5) is 0. The number of anilines is 3. The summed E-state index contributed by atoms with van der Waals surface area (Å²) in [6.45, 7) is 0.588. The fourth-order valence-corrected chi connectivity index (χ4v) is 7.23. The van der Waals surface area contributed by atoms with Gasteiger partial charge in [-0.1, -0.05) is 205 Å². The van der Waals surface area contributed by atoms with Crippen molar-refractivity contribution >= 4 is 29.2 Å². The molecule has 0 fully saturated rings. The highest BCUT2D eigenvalue weighted by atomic mass is 15.2. The van der Waals surface area contributed by atoms with Crippen LogP contribution in [-0.4, -0.2) is 0 Å². The van der Waals surface area contributed by atoms with Crippen molar-refractivity contribution in [1.29, 1.82) is 0 Å². The molecule has 2 unspecified atom stereocenters. The predicted molar refractivity (Wildman–Crippen MR) is 245 cm³/mol. The summed E-state index contributed by atoms with van der Waals surface area (Å²) < 4.78 is 0. The van der Waals surface area contributed by atoms with E-state index in [1.807, 2.05) is 78.9 Å². The molecule has 8 aromatic rings. The molecule has 5 heteroatoms. The SMILES string of the molecule is Nc1ccccc1-c1cc(/C=C\c2ccccc2)c(Nc2cccc(CNC([N-]C(N)c3ccccc3)c3ccccc3)c2)cc1-c1cccc(-c2ccccc2)c1. The molecule has 5 nitrogen and oxygen atoms in total. The van der Waals surface area contributed by atoms with Gasteiger partial charge in [0, 0.05) is 29.2 Å². The van der Waals surface area contributed by atoms with Gasteiger partial charge in [0.05, 0.1) is 0 Å². The zero-order valence-electron chi connectivity index (χ0n) is 32.2. The molecule has 0 radical (unpaired) electrons. The maximum atomic E-state index is 6.70. The van der Waals surface area contributed by atoms with E-state index in [0.717, 1.165) is 72.7 Å². The quantitative estimate of drug-likeness (QED) is 0.0658. The monoisotopic (exact) mass is 752 g/mol. The Morgan fingerprint density at radius 1 is 0.500 bits per heavy atom. The molecular weight excluding hydrogens is 707 g/mol. The highest BCUT2D eigenvalue weighted by Gasteiger charge is 2.16. The summed E-state index contributed by atoms with van der Waals surface area (Å²) in [6, 6.07) is 71.0. The third kappa shape index (κ3) is 9.32. The second-order valence-corrected chi connectivity index (χ2v) is 14.3. The highest BCUT2D eigenvalue weighted by Crippen LogP contribution is 2.41. The van der Waals surface area contributed by atoms with Crippen LogP contribution in [-0.2, 0) is 6.54 Å². The zero-order chi connectivity index (χ0) is 39.5. The van der Waals surface area contributed by atoms with Crippen LogP contribution in [0.25, 0.3) is 50.8 Å². The minimum Gasteiger partial charge on any atom is -0.625 e. The second kappa shape index (κ2) is 18.3. The van der Waals surface area contributed by atoms with E-state index in [1.165, 1.54) is 5.56 Å². The first kappa shape index (κ1) is 37.9. The number of nitrogens with zero attached hydrogens (tertiary/aromatic N) is 1. The van der Waals surface area contributed by atoms with Crippen LogP contribution in [0, 0.1) is 0 Å². The van der Waals surface area contributed by atoms with Crippen LogP contribution in [0.15, 0.2) is 206 Å². The van der Waals surface area contributed by atoms with Crippen molar-refractivity contribution in [2.45, 2.75) is 18.9 Å². The smallest absolute Gasteiger partial charge is 0.0464 e. The van der Waals surface area contributed by atoms with E-state index < -0.39 is 6.17 Å². The maximum Gasteiger partial charge on any atom is 0.0464 e. The normalized spacial score (nSPS) is 12.3. The molecule has 0 saturated heterocycles. The number of nitrogen functional groups attached to an aromatic ring is 1. The van der Waals surface area contributed by atoms with Crippen LogP contribution in [0.5, 0.6) is 0 Å². The first-order chi connectivity index (χ1) is 28.6. The molecule has 0 saturated carbocycles. The zero-order valence-corrected chi connectivity index (χ0v) is 32.2. The number of hydrogen-bond donors (Lipinski definition) is 4. The van der Waals surface area contributed by atoms with E-state index in [1.54, 1.807) is 0 Å². The van der Waals surface area contributed by atoms with Gasteiger partial charge in [-0.05, 0) is 80.9 Å². The van der Waals surface area contributed by atoms with Gasteiger partial charge in [0.25, 0.3) is 0 Å². The predicted octanol–water partition coefficient (Wildman–Crippen LogP) is 13.0. The van der Waals surface area contributed by atoms with Crippen molar-refractivity contribution in [3.63, 3.8) is 0 Å². The number of para-hydroxylation sites is 1. The Labute approximate surface area is 341 Å². The van der Waals surface area contributed by atoms with Gasteiger partial charge in [0.15, 0.2) is 0 Å². The average Bonchev–Trinajstić information content (AvgIpc) is 3.29. The molecule has 8 aromatic carbocycles. The lowest BCUT2D eigenvalue weighted by atomic mass is 9.89. The van der Waals surface area contributed by atoms with Crippen LogP contribution in [0.2, 0.25) is 0 Å². The van der Waals surface area contributed by atoms with Crippen LogP contribution in [0.3, 0.4) is 0 Å². The van der Waals surface area contributed by atoms with E-state index in [9.17, 15) is 0 Å². The van der Waals surface area contributed by atoms with Crippen molar-refractivity contribution in [2.75, 3.05) is 11.1 Å². The molecule has 6 N–H and O–H groups in total. The van der Waals surface area contributed by atoms with Crippen molar-refractivity contribution in [2.24, 2.45) is 5.73 Å². The summed E-state index contributed by atoms with van der Waals surface area (Å²) in [5, 5.41) is 12.5. The van der Waals surface area contributed by atoms with Gasteiger partial charge in [-0.25, -0.2) is 0 Å². The summed E-state index contributed by atoms with van der Waals surface area (Å²) in [7, 11) is 0. The standard InChI is InChI=1S/C53H46N5/c54-50-30-14-13-29-47(50)49-35-45(32-31-38-17-5-1-6-18-38)51(36-48(49)44-27-16-26-43(34-44)40-20-7-2-8-21-40)57-46-28-15-19-39(33-46)37-56-53(42-24-11-4-12-25-42)58-52(55)41-22-9-3-10-23-41/h1-36,52-53,56-57H,37,54-55H2/q-1/b32-31-. The Morgan fingerprint density at radius 2 is 1.12 bits per heavy atom. The molecule has 2 atom stereocenters. The molecule has 0 bridgehead atoms. The largest absolute Gasteiger partial charge is 0.625 e. The fraction of sp³-hybridized carbons (Fsp3) is 0.0566. The van der Waals surface area contributed by atoms with Crippen molar-refractivity contribution in [1.82, 2.24) is 5.32 Å². The van der Waals surface area contributed by atoms with Gasteiger partial charge in [0.1, 0.15) is 0 Å². The Morgan fingerprint density at radius 3 is 1.86 bits per heavy atom. The Kier molecular flexibility index (Phi) is 11.9. The molecule has 0 aliphatic rings. The van der Waals surface area contributed by atoms with Crippen molar-refractivity contribution in [3.05, 3.63) is 239 Å². The number of nitrogens with two attached hydrogens (primary N) is 2. The van der Waals surface area contributed by atoms with Crippen LogP contribution < -0.4 is 22.1 Å². The second-order valence-electron chi connectivity index (χ2n) is 14.3. The Balaban J connectivity index is 1.16. The minimum atomic E-state index is -0.467. The lowest BCUT2D eigenvalue weighted by Gasteiger charge is -2.38. The van der Waals surface area contributed by atoms with Gasteiger partial charge in [0.2, 0.25) is 0 Å². The number of benzene rings is 8. The van der Waals surface area contributed by atoms with Gasteiger partial charge in [-0.3, -0.25) is 0 Å². The molecule has 0 aromatic heterocycles. The molecule has 0 aliphatic carbocycles. The maximum absolute atomic E-state index is 6.70. The summed E-state index contributed by atoms with van der Waals surface area (Å²) in [5.74, 6) is 0. The summed E-state index contributed by atoms with van der Waals surface area (Å²) >= 11 is 0. The number of hydrogen-bond acceptors (Lipinski definition) is 4. The molecule has 284 valence electrons. The number of nitrogens with one attached hydrogen (secondary N) is 2. The Hall–Kier alpha value is -7.02. The van der Waals surface area contributed by atoms with E-state index in [0.29, 0.717) is 6.54 Å². The molecule has 0 aliphatic heterocycles. The van der Waals surface area contributed by atoms with Crippen molar-refractivity contribution < 1.29 is 0 Å². The lowest BCUT2D eigenvalue weighted by molar-refractivity contribution is 0.563. The topological polar surface area (TPSA) is 90.2 Å². The van der Waals surface area contributed by atoms with Gasteiger partial charge < -0.3 is 27.4 Å². The average molecular weight is 753 g/mol. The molecule has 0 spiro atoms. The first-order valence-electron chi connectivity index (χ1n) is 19.6. The van der Waals surface area contributed by atoms with E-state index in [-0.39, 0.29) is 6.17 Å². The van der Waals surface area contributed by atoms with Crippen LogP contribution >= 0.6 is 0 Å². The highest BCUT2D eigenvalue weighted by molar-refractivity contribution is 5.95. The van der Waals surface area contributed by atoms with Gasteiger partial charge in [-0.15, -0.1) is 0 Å². The van der Waals surface area contributed by atoms with E-state index >= 15 is 0 Å². The third-order valence-electron chi connectivity index (χ3n) is 10.2. The molecular formula is C53H46N5-. The summed E-state index contributed by atoms with van der Waals surface area (Å²) in [5.41, 5.74) is 27.8. The van der Waals surface area contributed by atoms with Crippen LogP contribution in [0.4, 0.5) is 17.1 Å². The van der Waals surface area contributed by atoms with E-state index in [4.69, 9.17) is 16.8 Å². The number of rotatable bonds is 14. The summed E-state index contributed by atoms with van der Waals surface area (Å²) in [6.07, 6.45) is 3.57. The first-order valence-corrected chi connectivity index (χ1v) is 19.6. The minimum absolute atomic E-state index is 0.296. The molecule has 8 rings (SSSR count). The van der Waals surface area contributed by atoms with E-state index in [2.05, 4.69) is 150 Å². The lowest BCUT2D eigenvalue weighted by Crippen LogP contribution is -2.24. The van der Waals surface area contributed by atoms with Crippen LogP contribution in [0.1, 0.15) is 40.1 Å². The van der Waals surface area contributed by atoms with Gasteiger partial charge in [-0.2, -0.15) is 0 Å². The van der Waals surface area contributed by atoms with Crippen molar-refractivity contribution in [3.8, 4) is 33.4 Å². The fourth-order valence-electron chi connectivity index (χ4n) is 7.23.